The number of sulfone groups is 1. The molecule has 1 aliphatic rings. The van der Waals surface area contributed by atoms with Crippen LogP contribution in [0.3, 0.4) is 0 Å². The van der Waals surface area contributed by atoms with Crippen LogP contribution in [0.2, 0.25) is 0 Å². The number of rotatable bonds is 7. The normalized spacial score (nSPS) is 15.8. The zero-order chi connectivity index (χ0) is 19.3. The van der Waals surface area contributed by atoms with E-state index in [1.807, 2.05) is 6.92 Å². The Kier molecular flexibility index (Phi) is 7.31. The largest absolute Gasteiger partial charge is 0.493 e. The van der Waals surface area contributed by atoms with Crippen LogP contribution >= 0.6 is 15.9 Å². The molecule has 0 atom stereocenters. The van der Waals surface area contributed by atoms with E-state index in [1.165, 1.54) is 6.26 Å². The third-order valence-electron chi connectivity index (χ3n) is 4.20. The number of nitrogens with zero attached hydrogens (tertiary/aromatic N) is 2. The lowest BCUT2D eigenvalue weighted by Crippen LogP contribution is -2.49. The maximum absolute atomic E-state index is 12.8. The molecule has 1 aromatic rings. The van der Waals surface area contributed by atoms with Crippen molar-refractivity contribution in [3.8, 4) is 11.5 Å². The minimum absolute atomic E-state index is 0.0742. The highest BCUT2D eigenvalue weighted by molar-refractivity contribution is 9.10. The number of methoxy groups -OCH3 is 1. The van der Waals surface area contributed by atoms with Crippen LogP contribution in [0.25, 0.3) is 0 Å². The number of hydrogen-bond donors (Lipinski definition) is 0. The monoisotopic (exact) mass is 448 g/mol. The molecule has 0 saturated carbocycles. The number of benzene rings is 1. The minimum atomic E-state index is -2.97. The van der Waals surface area contributed by atoms with Crippen LogP contribution in [0.4, 0.5) is 0 Å². The van der Waals surface area contributed by atoms with Crippen molar-refractivity contribution >= 4 is 31.7 Å². The van der Waals surface area contributed by atoms with Gasteiger partial charge in [-0.15, -0.1) is 0 Å². The van der Waals surface area contributed by atoms with Crippen molar-refractivity contribution in [3.05, 3.63) is 22.2 Å². The van der Waals surface area contributed by atoms with Gasteiger partial charge < -0.3 is 14.4 Å². The molecule has 26 heavy (non-hydrogen) atoms. The topological polar surface area (TPSA) is 76.2 Å². The number of ether oxygens (including phenoxy) is 2. The van der Waals surface area contributed by atoms with Gasteiger partial charge in [0.2, 0.25) is 0 Å². The molecule has 0 bridgehead atoms. The van der Waals surface area contributed by atoms with Crippen molar-refractivity contribution in [3.63, 3.8) is 0 Å². The van der Waals surface area contributed by atoms with Crippen LogP contribution in [0.5, 0.6) is 11.5 Å². The summed E-state index contributed by atoms with van der Waals surface area (Å²) in [6.07, 6.45) is 1.24. The fourth-order valence-electron chi connectivity index (χ4n) is 2.78. The van der Waals surface area contributed by atoms with Crippen LogP contribution in [-0.4, -0.2) is 82.6 Å². The first-order valence-corrected chi connectivity index (χ1v) is 11.3. The molecular formula is C17H25BrN2O5S. The fraction of sp³-hybridized carbons (Fsp3) is 0.588. The van der Waals surface area contributed by atoms with Crippen molar-refractivity contribution in [2.75, 3.05) is 58.4 Å². The number of carbonyl (C=O) groups excluding carboxylic acids is 1. The smallest absolute Gasteiger partial charge is 0.254 e. The minimum Gasteiger partial charge on any atom is -0.493 e. The molecule has 1 amide bonds. The Morgan fingerprint density at radius 1 is 1.23 bits per heavy atom. The van der Waals surface area contributed by atoms with Gasteiger partial charge in [-0.05, 0) is 35.0 Å². The predicted molar refractivity (Wildman–Crippen MR) is 104 cm³/mol. The summed E-state index contributed by atoms with van der Waals surface area (Å²) < 4.78 is 34.1. The van der Waals surface area contributed by atoms with E-state index in [4.69, 9.17) is 9.47 Å². The van der Waals surface area contributed by atoms with Gasteiger partial charge in [-0.3, -0.25) is 9.69 Å². The molecular weight excluding hydrogens is 424 g/mol. The Labute approximate surface area is 163 Å². The quantitative estimate of drug-likeness (QED) is 0.631. The second-order valence-electron chi connectivity index (χ2n) is 6.19. The second kappa shape index (κ2) is 9.05. The molecule has 7 nitrogen and oxygen atoms in total. The highest BCUT2D eigenvalue weighted by Crippen LogP contribution is 2.37. The number of halogens is 1. The first-order valence-electron chi connectivity index (χ1n) is 8.45. The summed E-state index contributed by atoms with van der Waals surface area (Å²) >= 11 is 3.44. The van der Waals surface area contributed by atoms with Gasteiger partial charge in [-0.2, -0.15) is 0 Å². The van der Waals surface area contributed by atoms with Gasteiger partial charge in [0.15, 0.2) is 11.5 Å². The molecule has 0 aromatic heterocycles. The molecule has 2 rings (SSSR count). The average Bonchev–Trinajstić information content (AvgIpc) is 2.60. The second-order valence-corrected chi connectivity index (χ2v) is 9.30. The zero-order valence-electron chi connectivity index (χ0n) is 15.3. The molecule has 9 heteroatoms. The van der Waals surface area contributed by atoms with Gasteiger partial charge in [0.05, 0.1) is 23.9 Å². The van der Waals surface area contributed by atoms with Crippen LogP contribution < -0.4 is 9.47 Å². The fourth-order valence-corrected chi connectivity index (χ4v) is 3.93. The van der Waals surface area contributed by atoms with E-state index in [1.54, 1.807) is 24.1 Å². The number of piperazine rings is 1. The van der Waals surface area contributed by atoms with Crippen LogP contribution in [0, 0.1) is 0 Å². The number of carbonyl (C=O) groups is 1. The maximum atomic E-state index is 12.8. The van der Waals surface area contributed by atoms with Gasteiger partial charge >= 0.3 is 0 Å². The van der Waals surface area contributed by atoms with Crippen LogP contribution in [-0.2, 0) is 9.84 Å². The van der Waals surface area contributed by atoms with Crippen LogP contribution in [0.15, 0.2) is 16.6 Å². The first kappa shape index (κ1) is 21.0. The zero-order valence-corrected chi connectivity index (χ0v) is 17.7. The molecule has 1 saturated heterocycles. The summed E-state index contributed by atoms with van der Waals surface area (Å²) in [5.74, 6) is 1.16. The van der Waals surface area contributed by atoms with Gasteiger partial charge in [0.1, 0.15) is 9.84 Å². The molecule has 1 aliphatic heterocycles. The van der Waals surface area contributed by atoms with Crippen molar-refractivity contribution in [1.29, 1.82) is 0 Å². The maximum Gasteiger partial charge on any atom is 0.254 e. The van der Waals surface area contributed by atoms with Gasteiger partial charge in [-0.25, -0.2) is 8.42 Å². The Hall–Kier alpha value is -1.32. The van der Waals surface area contributed by atoms with E-state index in [0.717, 1.165) is 0 Å². The Balaban J connectivity index is 2.03. The van der Waals surface area contributed by atoms with E-state index in [0.29, 0.717) is 60.9 Å². The molecule has 1 aromatic carbocycles. The molecule has 1 fully saturated rings. The molecule has 0 aliphatic carbocycles. The van der Waals surface area contributed by atoms with Crippen molar-refractivity contribution in [1.82, 2.24) is 9.80 Å². The van der Waals surface area contributed by atoms with E-state index < -0.39 is 9.84 Å². The predicted octanol–water partition coefficient (Wildman–Crippen LogP) is 1.66. The Morgan fingerprint density at radius 2 is 1.88 bits per heavy atom. The molecule has 0 unspecified atom stereocenters. The first-order chi connectivity index (χ1) is 12.2. The van der Waals surface area contributed by atoms with Crippen molar-refractivity contribution in [2.24, 2.45) is 0 Å². The average molecular weight is 449 g/mol. The molecule has 1 heterocycles. The highest BCUT2D eigenvalue weighted by Gasteiger charge is 2.24. The lowest BCUT2D eigenvalue weighted by Gasteiger charge is -2.34. The summed E-state index contributed by atoms with van der Waals surface area (Å²) in [7, 11) is -1.43. The third-order valence-corrected chi connectivity index (χ3v) is 5.72. The Bertz CT molecular complexity index is 746. The van der Waals surface area contributed by atoms with E-state index in [-0.39, 0.29) is 11.7 Å². The summed E-state index contributed by atoms with van der Waals surface area (Å²) in [5, 5.41) is 0. The summed E-state index contributed by atoms with van der Waals surface area (Å²) in [4.78, 5) is 16.7. The summed E-state index contributed by atoms with van der Waals surface area (Å²) in [5.41, 5.74) is 0.529. The highest BCUT2D eigenvalue weighted by atomic mass is 79.9. The number of hydrogen-bond acceptors (Lipinski definition) is 6. The lowest BCUT2D eigenvalue weighted by atomic mass is 10.1. The number of amides is 1. The standard InChI is InChI=1S/C17H25BrN2O5S/c1-4-25-16-14(18)11-13(12-15(16)24-2)17(21)20-7-5-19(6-8-20)9-10-26(3,22)23/h11-12H,4-10H2,1-3H3. The van der Waals surface area contributed by atoms with Crippen molar-refractivity contribution < 1.29 is 22.7 Å². The molecule has 146 valence electrons. The SMILES string of the molecule is CCOc1c(Br)cc(C(=O)N2CCN(CCS(C)(=O)=O)CC2)cc1OC. The van der Waals surface area contributed by atoms with E-state index >= 15 is 0 Å². The van der Waals surface area contributed by atoms with E-state index in [9.17, 15) is 13.2 Å². The summed E-state index contributed by atoms with van der Waals surface area (Å²) in [6.45, 7) is 5.34. The lowest BCUT2D eigenvalue weighted by molar-refractivity contribution is 0.0643. The van der Waals surface area contributed by atoms with Gasteiger partial charge in [0.25, 0.3) is 5.91 Å². The van der Waals surface area contributed by atoms with E-state index in [2.05, 4.69) is 20.8 Å². The molecule has 0 N–H and O–H groups in total. The third kappa shape index (κ3) is 5.59. The van der Waals surface area contributed by atoms with Gasteiger partial charge in [-0.1, -0.05) is 0 Å². The van der Waals surface area contributed by atoms with Crippen LogP contribution in [0.1, 0.15) is 17.3 Å². The Morgan fingerprint density at radius 3 is 2.42 bits per heavy atom. The van der Waals surface area contributed by atoms with Crippen molar-refractivity contribution in [2.45, 2.75) is 6.92 Å². The molecule has 0 radical (unpaired) electrons. The molecule has 0 spiro atoms. The summed E-state index contributed by atoms with van der Waals surface area (Å²) in [6, 6.07) is 3.43. The van der Waals surface area contributed by atoms with Gasteiger partial charge in [0, 0.05) is 44.5 Å².